The van der Waals surface area contributed by atoms with Gasteiger partial charge < -0.3 is 14.6 Å². The molecule has 4 rings (SSSR count). The van der Waals surface area contributed by atoms with E-state index in [1.165, 1.54) is 18.4 Å². The van der Waals surface area contributed by atoms with Crippen molar-refractivity contribution in [2.75, 3.05) is 26.2 Å². The molecule has 0 aliphatic carbocycles. The van der Waals surface area contributed by atoms with Gasteiger partial charge in [-0.1, -0.05) is 31.2 Å². The van der Waals surface area contributed by atoms with Gasteiger partial charge in [-0.2, -0.15) is 9.50 Å². The van der Waals surface area contributed by atoms with Gasteiger partial charge in [0.15, 0.2) is 5.82 Å². The van der Waals surface area contributed by atoms with Crippen LogP contribution in [0.2, 0.25) is 0 Å². The van der Waals surface area contributed by atoms with Crippen molar-refractivity contribution in [3.05, 3.63) is 41.3 Å². The Morgan fingerprint density at radius 2 is 2.04 bits per heavy atom. The number of carbonyl (C=O) groups excluding carboxylic acids is 1. The third-order valence-electron chi connectivity index (χ3n) is 5.17. The third kappa shape index (κ3) is 3.47. The molecule has 0 saturated carbocycles. The van der Waals surface area contributed by atoms with Crippen LogP contribution in [0, 0.1) is 6.92 Å². The number of nitrogens with one attached hydrogen (secondary N) is 1. The molecular weight excluding hydrogens is 342 g/mol. The van der Waals surface area contributed by atoms with Crippen molar-refractivity contribution in [2.24, 2.45) is 0 Å². The normalized spacial score (nSPS) is 14.9. The van der Waals surface area contributed by atoms with Gasteiger partial charge >= 0.3 is 5.84 Å². The standard InChI is InChI=1S/C20H25N5O2/c1-3-15-8-4-5-9-16(15)18-22-20-25(23-18)14(2)17(27-20)19(26)21-10-13-24-11-6-7-12-24/h4-5,8-9H,3,6-7,10-13H2,1-2H3,(H,21,26). The van der Waals surface area contributed by atoms with Gasteiger partial charge in [0.2, 0.25) is 5.76 Å². The van der Waals surface area contributed by atoms with Gasteiger partial charge in [-0.25, -0.2) is 0 Å². The van der Waals surface area contributed by atoms with Crippen molar-refractivity contribution in [1.82, 2.24) is 24.8 Å². The van der Waals surface area contributed by atoms with Crippen molar-refractivity contribution in [2.45, 2.75) is 33.1 Å². The van der Waals surface area contributed by atoms with E-state index in [2.05, 4.69) is 33.3 Å². The summed E-state index contributed by atoms with van der Waals surface area (Å²) in [5.41, 5.74) is 2.84. The van der Waals surface area contributed by atoms with Gasteiger partial charge in [0, 0.05) is 18.7 Å². The summed E-state index contributed by atoms with van der Waals surface area (Å²) in [6, 6.07) is 8.07. The number of oxazole rings is 1. The predicted molar refractivity (Wildman–Crippen MR) is 103 cm³/mol. The summed E-state index contributed by atoms with van der Waals surface area (Å²) in [5, 5.41) is 7.50. The van der Waals surface area contributed by atoms with Crippen molar-refractivity contribution in [3.8, 4) is 11.4 Å². The lowest BCUT2D eigenvalue weighted by molar-refractivity contribution is 0.0923. The van der Waals surface area contributed by atoms with E-state index in [1.54, 1.807) is 4.52 Å². The number of carbonyl (C=O) groups is 1. The molecule has 1 aliphatic rings. The highest BCUT2D eigenvalue weighted by Crippen LogP contribution is 2.23. The Kier molecular flexibility index (Phi) is 4.94. The van der Waals surface area contributed by atoms with E-state index in [0.29, 0.717) is 23.9 Å². The number of benzene rings is 1. The summed E-state index contributed by atoms with van der Waals surface area (Å²) >= 11 is 0. The van der Waals surface area contributed by atoms with Crippen molar-refractivity contribution in [1.29, 1.82) is 0 Å². The van der Waals surface area contributed by atoms with Crippen molar-refractivity contribution < 1.29 is 9.21 Å². The molecule has 1 amide bonds. The van der Waals surface area contributed by atoms with Crippen molar-refractivity contribution in [3.63, 3.8) is 0 Å². The number of aromatic nitrogens is 3. The fraction of sp³-hybridized carbons (Fsp3) is 0.450. The van der Waals surface area contributed by atoms with Gasteiger partial charge in [-0.05, 0) is 44.8 Å². The first-order valence-electron chi connectivity index (χ1n) is 9.62. The molecule has 0 bridgehead atoms. The molecule has 142 valence electrons. The molecule has 3 aromatic rings. The van der Waals surface area contributed by atoms with Crippen LogP contribution in [0.25, 0.3) is 17.2 Å². The van der Waals surface area contributed by atoms with Crippen LogP contribution in [-0.2, 0) is 6.42 Å². The van der Waals surface area contributed by atoms with E-state index in [4.69, 9.17) is 4.42 Å². The number of amides is 1. The summed E-state index contributed by atoms with van der Waals surface area (Å²) in [6.45, 7) is 7.67. The van der Waals surface area contributed by atoms with E-state index in [0.717, 1.165) is 31.6 Å². The van der Waals surface area contributed by atoms with Crippen molar-refractivity contribution >= 4 is 11.8 Å². The molecule has 2 aromatic heterocycles. The lowest BCUT2D eigenvalue weighted by atomic mass is 10.1. The number of nitrogens with zero attached hydrogens (tertiary/aromatic N) is 4. The van der Waals surface area contributed by atoms with Crippen LogP contribution >= 0.6 is 0 Å². The van der Waals surface area contributed by atoms with E-state index in [9.17, 15) is 4.79 Å². The Morgan fingerprint density at radius 3 is 2.78 bits per heavy atom. The van der Waals surface area contributed by atoms with Gasteiger partial charge in [-0.15, -0.1) is 5.10 Å². The molecule has 1 aliphatic heterocycles. The molecule has 1 N–H and O–H groups in total. The molecule has 0 spiro atoms. The van der Waals surface area contributed by atoms with E-state index >= 15 is 0 Å². The Hall–Kier alpha value is -2.67. The predicted octanol–water partition coefficient (Wildman–Crippen LogP) is 2.69. The second kappa shape index (κ2) is 7.52. The molecule has 1 saturated heterocycles. The molecular formula is C20H25N5O2. The smallest absolute Gasteiger partial charge is 0.325 e. The summed E-state index contributed by atoms with van der Waals surface area (Å²) in [6.07, 6.45) is 3.40. The maximum Gasteiger partial charge on any atom is 0.325 e. The Labute approximate surface area is 158 Å². The minimum absolute atomic E-state index is 0.213. The maximum absolute atomic E-state index is 12.5. The van der Waals surface area contributed by atoms with Crippen LogP contribution < -0.4 is 5.32 Å². The summed E-state index contributed by atoms with van der Waals surface area (Å²) < 4.78 is 7.33. The minimum Gasteiger partial charge on any atom is -0.416 e. The average Bonchev–Trinajstić information content (AvgIpc) is 3.40. The monoisotopic (exact) mass is 367 g/mol. The fourth-order valence-electron chi connectivity index (χ4n) is 3.63. The van der Waals surface area contributed by atoms with Gasteiger partial charge in [-0.3, -0.25) is 4.79 Å². The molecule has 27 heavy (non-hydrogen) atoms. The highest BCUT2D eigenvalue weighted by Gasteiger charge is 2.22. The molecule has 1 aromatic carbocycles. The SMILES string of the molecule is CCc1ccccc1-c1nc2oc(C(=O)NCCN3CCCC3)c(C)n2n1. The quantitative estimate of drug-likeness (QED) is 0.725. The van der Waals surface area contributed by atoms with Crippen LogP contribution in [0.15, 0.2) is 28.7 Å². The summed E-state index contributed by atoms with van der Waals surface area (Å²) in [4.78, 5) is 19.3. The molecule has 3 heterocycles. The summed E-state index contributed by atoms with van der Waals surface area (Å²) in [7, 11) is 0. The van der Waals surface area contributed by atoms with Crippen LogP contribution in [0.1, 0.15) is 41.6 Å². The third-order valence-corrected chi connectivity index (χ3v) is 5.17. The number of hydrogen-bond acceptors (Lipinski definition) is 5. The van der Waals surface area contributed by atoms with Gasteiger partial charge in [0.05, 0.1) is 5.69 Å². The summed E-state index contributed by atoms with van der Waals surface area (Å²) in [5.74, 6) is 1.03. The highest BCUT2D eigenvalue weighted by molar-refractivity contribution is 5.92. The van der Waals surface area contributed by atoms with E-state index in [1.807, 2.05) is 25.1 Å². The number of likely N-dealkylation sites (tertiary alicyclic amines) is 1. The first-order chi connectivity index (χ1) is 13.2. The van der Waals surface area contributed by atoms with Crippen LogP contribution in [0.4, 0.5) is 0 Å². The fourth-order valence-corrected chi connectivity index (χ4v) is 3.63. The molecule has 0 atom stereocenters. The maximum atomic E-state index is 12.5. The largest absolute Gasteiger partial charge is 0.416 e. The average molecular weight is 367 g/mol. The number of hydrogen-bond donors (Lipinski definition) is 1. The first-order valence-corrected chi connectivity index (χ1v) is 9.62. The zero-order chi connectivity index (χ0) is 18.8. The molecule has 7 heteroatoms. The highest BCUT2D eigenvalue weighted by atomic mass is 16.4. The number of rotatable bonds is 6. The second-order valence-electron chi connectivity index (χ2n) is 6.96. The number of fused-ring (bicyclic) bond motifs is 1. The topological polar surface area (TPSA) is 75.7 Å². The Bertz CT molecular complexity index is 953. The van der Waals surface area contributed by atoms with E-state index in [-0.39, 0.29) is 11.7 Å². The first kappa shape index (κ1) is 17.7. The molecule has 0 radical (unpaired) electrons. The number of aryl methyl sites for hydroxylation is 2. The Balaban J connectivity index is 1.51. The van der Waals surface area contributed by atoms with Crippen LogP contribution in [0.5, 0.6) is 0 Å². The molecule has 7 nitrogen and oxygen atoms in total. The minimum atomic E-state index is -0.213. The van der Waals surface area contributed by atoms with Crippen LogP contribution in [0.3, 0.4) is 0 Å². The second-order valence-corrected chi connectivity index (χ2v) is 6.96. The van der Waals surface area contributed by atoms with Gasteiger partial charge in [0.1, 0.15) is 0 Å². The Morgan fingerprint density at radius 1 is 1.26 bits per heavy atom. The molecule has 0 unspecified atom stereocenters. The lowest BCUT2D eigenvalue weighted by Gasteiger charge is -2.14. The van der Waals surface area contributed by atoms with Gasteiger partial charge in [0.25, 0.3) is 5.91 Å². The molecule has 1 fully saturated rings. The van der Waals surface area contributed by atoms with Crippen LogP contribution in [-0.4, -0.2) is 51.6 Å². The zero-order valence-electron chi connectivity index (χ0n) is 15.9. The van der Waals surface area contributed by atoms with E-state index < -0.39 is 0 Å². The zero-order valence-corrected chi connectivity index (χ0v) is 15.9. The lowest BCUT2D eigenvalue weighted by Crippen LogP contribution is -2.33.